The van der Waals surface area contributed by atoms with E-state index in [0.717, 1.165) is 11.3 Å². The zero-order chi connectivity index (χ0) is 18.8. The van der Waals surface area contributed by atoms with Gasteiger partial charge in [0.05, 0.1) is 17.6 Å². The average Bonchev–Trinajstić information content (AvgIpc) is 3.09. The summed E-state index contributed by atoms with van der Waals surface area (Å²) in [4.78, 5) is 4.62. The number of hydrogen-bond donors (Lipinski definition) is 0. The highest BCUT2D eigenvalue weighted by Crippen LogP contribution is 2.31. The van der Waals surface area contributed by atoms with E-state index < -0.39 is 0 Å². The Labute approximate surface area is 164 Å². The van der Waals surface area contributed by atoms with Crippen molar-refractivity contribution in [2.75, 3.05) is 0 Å². The van der Waals surface area contributed by atoms with Crippen molar-refractivity contribution < 1.29 is 0 Å². The number of rotatable bonds is 4. The third-order valence-corrected chi connectivity index (χ3v) is 5.07. The maximum atomic E-state index is 4.62. The number of para-hydroxylation sites is 2. The van der Waals surface area contributed by atoms with Crippen molar-refractivity contribution in [1.29, 1.82) is 0 Å². The minimum Gasteiger partial charge on any atom is -0.309 e. The smallest absolute Gasteiger partial charge is 0.0639 e. The van der Waals surface area contributed by atoms with E-state index in [1.807, 2.05) is 24.4 Å². The number of aromatic nitrogens is 1. The predicted molar refractivity (Wildman–Crippen MR) is 119 cm³/mol. The SMILES string of the molecule is C(=NCc1ccccc1)c1cccc(-n2c3ccccc3c3ccccc32)c1. The second-order valence-electron chi connectivity index (χ2n) is 6.92. The Kier molecular flexibility index (Phi) is 4.23. The summed E-state index contributed by atoms with van der Waals surface area (Å²) in [6.07, 6.45) is 1.96. The molecule has 4 aromatic carbocycles. The van der Waals surface area contributed by atoms with Crippen LogP contribution in [0.3, 0.4) is 0 Å². The highest BCUT2D eigenvalue weighted by atomic mass is 15.0. The Bertz CT molecular complexity index is 1230. The first-order chi connectivity index (χ1) is 13.9. The lowest BCUT2D eigenvalue weighted by molar-refractivity contribution is 1.08. The van der Waals surface area contributed by atoms with Crippen LogP contribution in [0.15, 0.2) is 108 Å². The summed E-state index contributed by atoms with van der Waals surface area (Å²) in [5.74, 6) is 0. The summed E-state index contributed by atoms with van der Waals surface area (Å²) < 4.78 is 2.33. The van der Waals surface area contributed by atoms with Gasteiger partial charge in [-0.15, -0.1) is 0 Å². The van der Waals surface area contributed by atoms with E-state index in [2.05, 4.69) is 94.5 Å². The molecule has 0 radical (unpaired) electrons. The van der Waals surface area contributed by atoms with E-state index >= 15 is 0 Å². The monoisotopic (exact) mass is 360 g/mol. The highest BCUT2D eigenvalue weighted by Gasteiger charge is 2.11. The van der Waals surface area contributed by atoms with Crippen LogP contribution >= 0.6 is 0 Å². The first-order valence-electron chi connectivity index (χ1n) is 9.52. The van der Waals surface area contributed by atoms with Gasteiger partial charge in [0.1, 0.15) is 0 Å². The molecular weight excluding hydrogens is 340 g/mol. The van der Waals surface area contributed by atoms with Gasteiger partial charge < -0.3 is 4.57 Å². The number of fused-ring (bicyclic) bond motifs is 3. The van der Waals surface area contributed by atoms with Gasteiger partial charge in [-0.1, -0.05) is 78.9 Å². The van der Waals surface area contributed by atoms with Crippen molar-refractivity contribution in [1.82, 2.24) is 4.57 Å². The number of nitrogens with zero attached hydrogens (tertiary/aromatic N) is 2. The molecule has 0 spiro atoms. The highest BCUT2D eigenvalue weighted by molar-refractivity contribution is 6.09. The van der Waals surface area contributed by atoms with E-state index in [9.17, 15) is 0 Å². The molecule has 1 aromatic heterocycles. The molecule has 0 bridgehead atoms. The normalized spacial score (nSPS) is 11.6. The van der Waals surface area contributed by atoms with Crippen LogP contribution in [-0.2, 0) is 6.54 Å². The Balaban J connectivity index is 1.56. The molecule has 0 saturated carbocycles. The third kappa shape index (κ3) is 2.99. The van der Waals surface area contributed by atoms with E-state index in [1.54, 1.807) is 0 Å². The molecule has 28 heavy (non-hydrogen) atoms. The lowest BCUT2D eigenvalue weighted by atomic mass is 10.2. The van der Waals surface area contributed by atoms with Crippen LogP contribution in [0.2, 0.25) is 0 Å². The molecule has 0 saturated heterocycles. The summed E-state index contributed by atoms with van der Waals surface area (Å²) in [6, 6.07) is 36.1. The Morgan fingerprint density at radius 2 is 1.29 bits per heavy atom. The van der Waals surface area contributed by atoms with E-state index in [0.29, 0.717) is 6.54 Å². The average molecular weight is 360 g/mol. The van der Waals surface area contributed by atoms with E-state index in [-0.39, 0.29) is 0 Å². The van der Waals surface area contributed by atoms with Gasteiger partial charge in [0.15, 0.2) is 0 Å². The molecule has 0 aliphatic carbocycles. The molecule has 5 aromatic rings. The fourth-order valence-electron chi connectivity index (χ4n) is 3.78. The van der Waals surface area contributed by atoms with Gasteiger partial charge in [0, 0.05) is 22.7 Å². The molecular formula is C26H20N2. The summed E-state index contributed by atoms with van der Waals surface area (Å²) in [6.45, 7) is 0.695. The summed E-state index contributed by atoms with van der Waals surface area (Å²) in [5.41, 5.74) is 5.93. The molecule has 0 aliphatic heterocycles. The van der Waals surface area contributed by atoms with Crippen molar-refractivity contribution in [2.45, 2.75) is 6.54 Å². The minimum atomic E-state index is 0.695. The van der Waals surface area contributed by atoms with Crippen molar-refractivity contribution in [2.24, 2.45) is 4.99 Å². The first kappa shape index (κ1) is 16.5. The molecule has 134 valence electrons. The van der Waals surface area contributed by atoms with Crippen LogP contribution in [0.4, 0.5) is 0 Å². The number of aliphatic imine (C=N–C) groups is 1. The summed E-state index contributed by atoms with van der Waals surface area (Å²) >= 11 is 0. The van der Waals surface area contributed by atoms with Gasteiger partial charge in [0.2, 0.25) is 0 Å². The van der Waals surface area contributed by atoms with Gasteiger partial charge in [-0.05, 0) is 35.4 Å². The van der Waals surface area contributed by atoms with Crippen LogP contribution in [-0.4, -0.2) is 10.8 Å². The number of hydrogen-bond acceptors (Lipinski definition) is 1. The topological polar surface area (TPSA) is 17.3 Å². The second-order valence-corrected chi connectivity index (χ2v) is 6.92. The molecule has 2 nitrogen and oxygen atoms in total. The molecule has 2 heteroatoms. The van der Waals surface area contributed by atoms with E-state index in [1.165, 1.54) is 27.4 Å². The molecule has 0 amide bonds. The molecule has 0 fully saturated rings. The van der Waals surface area contributed by atoms with Crippen LogP contribution in [0.5, 0.6) is 0 Å². The molecule has 0 atom stereocenters. The second kappa shape index (κ2) is 7.16. The van der Waals surface area contributed by atoms with Gasteiger partial charge in [-0.3, -0.25) is 4.99 Å². The lowest BCUT2D eigenvalue weighted by Gasteiger charge is -2.08. The van der Waals surface area contributed by atoms with Crippen molar-refractivity contribution in [3.8, 4) is 5.69 Å². The van der Waals surface area contributed by atoms with Crippen LogP contribution < -0.4 is 0 Å². The van der Waals surface area contributed by atoms with Gasteiger partial charge in [0.25, 0.3) is 0 Å². The minimum absolute atomic E-state index is 0.695. The quantitative estimate of drug-likeness (QED) is 0.330. The Morgan fingerprint density at radius 3 is 2.00 bits per heavy atom. The van der Waals surface area contributed by atoms with Crippen molar-refractivity contribution >= 4 is 28.0 Å². The largest absolute Gasteiger partial charge is 0.309 e. The maximum Gasteiger partial charge on any atom is 0.0639 e. The number of benzene rings is 4. The summed E-state index contributed by atoms with van der Waals surface area (Å²) in [5, 5.41) is 2.56. The molecule has 0 N–H and O–H groups in total. The van der Waals surface area contributed by atoms with Crippen molar-refractivity contribution in [3.05, 3.63) is 114 Å². The maximum absolute atomic E-state index is 4.62. The van der Waals surface area contributed by atoms with Gasteiger partial charge >= 0.3 is 0 Å². The Morgan fingerprint density at radius 1 is 0.643 bits per heavy atom. The van der Waals surface area contributed by atoms with Crippen LogP contribution in [0, 0.1) is 0 Å². The van der Waals surface area contributed by atoms with Gasteiger partial charge in [-0.25, -0.2) is 0 Å². The fourth-order valence-corrected chi connectivity index (χ4v) is 3.78. The molecule has 5 rings (SSSR count). The first-order valence-corrected chi connectivity index (χ1v) is 9.52. The third-order valence-electron chi connectivity index (χ3n) is 5.07. The molecule has 0 unspecified atom stereocenters. The van der Waals surface area contributed by atoms with Crippen LogP contribution in [0.1, 0.15) is 11.1 Å². The van der Waals surface area contributed by atoms with Gasteiger partial charge in [-0.2, -0.15) is 0 Å². The van der Waals surface area contributed by atoms with Crippen LogP contribution in [0.25, 0.3) is 27.5 Å². The van der Waals surface area contributed by atoms with Crippen molar-refractivity contribution in [3.63, 3.8) is 0 Å². The molecule has 0 aliphatic rings. The predicted octanol–water partition coefficient (Wildman–Crippen LogP) is 6.40. The Hall–Kier alpha value is -3.65. The lowest BCUT2D eigenvalue weighted by Crippen LogP contribution is -1.95. The van der Waals surface area contributed by atoms with E-state index in [4.69, 9.17) is 0 Å². The fraction of sp³-hybridized carbons (Fsp3) is 0.0385. The standard InChI is InChI=1S/C26H20N2/c1-2-9-20(10-3-1)18-27-19-21-11-8-12-22(17-21)28-25-15-6-4-13-23(25)24-14-5-7-16-26(24)28/h1-17,19H,18H2. The zero-order valence-corrected chi connectivity index (χ0v) is 15.5. The summed E-state index contributed by atoms with van der Waals surface area (Å²) in [7, 11) is 0. The molecule has 1 heterocycles. The zero-order valence-electron chi connectivity index (χ0n) is 15.5.